The predicted octanol–water partition coefficient (Wildman–Crippen LogP) is 14.6. The lowest BCUT2D eigenvalue weighted by atomic mass is 9.99. The van der Waals surface area contributed by atoms with Gasteiger partial charge in [0.2, 0.25) is 5.91 Å². The number of rotatable bonds is 51. The highest BCUT2D eigenvalue weighted by atomic mass is 16.7. The van der Waals surface area contributed by atoms with Crippen LogP contribution in [0.1, 0.15) is 290 Å². The average Bonchev–Trinajstić information content (AvgIpc) is 3.34. The van der Waals surface area contributed by atoms with Crippen LogP contribution < -0.4 is 5.32 Å². The third kappa shape index (κ3) is 38.4. The van der Waals surface area contributed by atoms with Crippen LogP contribution in [0.15, 0.2) is 24.3 Å². The number of nitrogens with one attached hydrogen (secondary N) is 1. The number of aliphatic hydroxyl groups is 5. The fraction of sp³-hybridized carbons (Fsp3) is 0.915. The van der Waals surface area contributed by atoms with Crippen molar-refractivity contribution in [3.8, 4) is 0 Å². The van der Waals surface area contributed by atoms with E-state index in [4.69, 9.17) is 9.47 Å². The van der Waals surface area contributed by atoms with Crippen molar-refractivity contribution >= 4 is 5.91 Å². The molecule has 0 aliphatic carbocycles. The van der Waals surface area contributed by atoms with E-state index in [-0.39, 0.29) is 12.5 Å². The summed E-state index contributed by atoms with van der Waals surface area (Å²) >= 11 is 0. The summed E-state index contributed by atoms with van der Waals surface area (Å²) in [6, 6.07) is -0.818. The summed E-state index contributed by atoms with van der Waals surface area (Å²) in [5.74, 6) is -0.183. The minimum absolute atomic E-state index is 0.183. The third-order valence-electron chi connectivity index (χ3n) is 14.3. The standard InChI is InChI=1S/C59H113NO8/c1-3-5-7-9-11-13-15-17-19-20-21-22-23-24-25-26-27-28-29-30-31-32-33-34-35-36-38-40-42-44-46-48-53(62)52(51-67-59-58(66)57(65)56(64)54(50-61)68-59)60-55(63)49-47-45-43-41-39-37-18-16-14-12-10-8-6-4-2/h38,40,46,48,52-54,56-59,61-62,64-66H,3-37,39,41-45,47,49-51H2,1-2H3,(H,60,63)/b40-38+,48-46+. The van der Waals surface area contributed by atoms with Crippen molar-refractivity contribution in [3.05, 3.63) is 24.3 Å². The average molecular weight is 965 g/mol. The van der Waals surface area contributed by atoms with Crippen LogP contribution in [0.25, 0.3) is 0 Å². The second-order valence-corrected chi connectivity index (χ2v) is 20.8. The third-order valence-corrected chi connectivity index (χ3v) is 14.3. The lowest BCUT2D eigenvalue weighted by Crippen LogP contribution is -2.60. The Morgan fingerprint density at radius 1 is 0.485 bits per heavy atom. The zero-order valence-electron chi connectivity index (χ0n) is 44.6. The van der Waals surface area contributed by atoms with Gasteiger partial charge in [-0.3, -0.25) is 4.79 Å². The fourth-order valence-corrected chi connectivity index (χ4v) is 9.59. The van der Waals surface area contributed by atoms with Crippen molar-refractivity contribution in [2.75, 3.05) is 13.2 Å². The number of carbonyl (C=O) groups is 1. The number of unbranched alkanes of at least 4 members (excludes halogenated alkanes) is 39. The number of amides is 1. The first-order chi connectivity index (χ1) is 33.3. The molecule has 1 aliphatic rings. The Labute approximate surface area is 419 Å². The summed E-state index contributed by atoms with van der Waals surface area (Å²) < 4.78 is 11.2. The summed E-state index contributed by atoms with van der Waals surface area (Å²) in [6.45, 7) is 3.79. The molecule has 6 N–H and O–H groups in total. The molecule has 7 unspecified atom stereocenters. The van der Waals surface area contributed by atoms with Crippen LogP contribution in [0.3, 0.4) is 0 Å². The van der Waals surface area contributed by atoms with Gasteiger partial charge in [0.05, 0.1) is 25.4 Å². The fourth-order valence-electron chi connectivity index (χ4n) is 9.59. The molecule has 68 heavy (non-hydrogen) atoms. The number of hydrogen-bond acceptors (Lipinski definition) is 8. The summed E-state index contributed by atoms with van der Waals surface area (Å²) in [7, 11) is 0. The van der Waals surface area contributed by atoms with Crippen LogP contribution in [0.2, 0.25) is 0 Å². The van der Waals surface area contributed by atoms with Gasteiger partial charge < -0.3 is 40.3 Å². The maximum absolute atomic E-state index is 13.0. The van der Waals surface area contributed by atoms with Gasteiger partial charge in [0.15, 0.2) is 6.29 Å². The van der Waals surface area contributed by atoms with E-state index in [2.05, 4.69) is 31.3 Å². The van der Waals surface area contributed by atoms with Crippen molar-refractivity contribution in [1.29, 1.82) is 0 Å². The number of ether oxygens (including phenoxy) is 2. The van der Waals surface area contributed by atoms with Crippen molar-refractivity contribution < 1.29 is 39.8 Å². The molecule has 1 fully saturated rings. The zero-order chi connectivity index (χ0) is 49.4. The zero-order valence-corrected chi connectivity index (χ0v) is 44.6. The molecule has 0 saturated carbocycles. The molecule has 7 atom stereocenters. The van der Waals surface area contributed by atoms with Gasteiger partial charge in [0.1, 0.15) is 24.4 Å². The Bertz CT molecular complexity index is 1120. The Balaban J connectivity index is 2.17. The number of hydrogen-bond donors (Lipinski definition) is 6. The minimum atomic E-state index is -1.57. The molecule has 0 radical (unpaired) electrons. The first-order valence-electron chi connectivity index (χ1n) is 29.6. The predicted molar refractivity (Wildman–Crippen MR) is 286 cm³/mol. The van der Waals surface area contributed by atoms with E-state index >= 15 is 0 Å². The van der Waals surface area contributed by atoms with Gasteiger partial charge in [0.25, 0.3) is 0 Å². The molecule has 1 heterocycles. The number of aliphatic hydroxyl groups excluding tert-OH is 5. The van der Waals surface area contributed by atoms with Gasteiger partial charge in [0, 0.05) is 6.42 Å². The first kappa shape index (κ1) is 64.7. The molecule has 0 aromatic rings. The van der Waals surface area contributed by atoms with Crippen LogP contribution in [0.4, 0.5) is 0 Å². The molecule has 1 aliphatic heterocycles. The molecule has 9 nitrogen and oxygen atoms in total. The molecule has 1 amide bonds. The summed E-state index contributed by atoms with van der Waals surface area (Å²) in [5.41, 5.74) is 0. The quantitative estimate of drug-likeness (QED) is 0.0261. The molecule has 9 heteroatoms. The van der Waals surface area contributed by atoms with Crippen LogP contribution >= 0.6 is 0 Å². The molecule has 0 aromatic heterocycles. The monoisotopic (exact) mass is 964 g/mol. The molecule has 0 bridgehead atoms. The van der Waals surface area contributed by atoms with Crippen molar-refractivity contribution in [2.45, 2.75) is 333 Å². The van der Waals surface area contributed by atoms with Gasteiger partial charge in [-0.25, -0.2) is 0 Å². The number of carbonyl (C=O) groups excluding carboxylic acids is 1. The van der Waals surface area contributed by atoms with E-state index < -0.39 is 49.5 Å². The second kappa shape index (κ2) is 49.3. The van der Waals surface area contributed by atoms with Crippen LogP contribution in [0.5, 0.6) is 0 Å². The van der Waals surface area contributed by atoms with Crippen molar-refractivity contribution in [1.82, 2.24) is 5.32 Å². The van der Waals surface area contributed by atoms with E-state index in [0.29, 0.717) is 6.42 Å². The molecule has 1 saturated heterocycles. The smallest absolute Gasteiger partial charge is 0.220 e. The van der Waals surface area contributed by atoms with Crippen molar-refractivity contribution in [3.63, 3.8) is 0 Å². The van der Waals surface area contributed by atoms with Gasteiger partial charge in [-0.2, -0.15) is 0 Å². The highest BCUT2D eigenvalue weighted by Crippen LogP contribution is 2.23. The van der Waals surface area contributed by atoms with E-state index in [1.807, 2.05) is 6.08 Å². The number of allylic oxidation sites excluding steroid dienone is 3. The van der Waals surface area contributed by atoms with Crippen LogP contribution in [0, 0.1) is 0 Å². The van der Waals surface area contributed by atoms with Gasteiger partial charge in [-0.05, 0) is 32.1 Å². The molecular weight excluding hydrogens is 851 g/mol. The summed E-state index contributed by atoms with van der Waals surface area (Å²) in [4.78, 5) is 13.0. The van der Waals surface area contributed by atoms with Gasteiger partial charge in [-0.1, -0.05) is 276 Å². The molecule has 0 aromatic carbocycles. The molecule has 402 valence electrons. The topological polar surface area (TPSA) is 149 Å². The van der Waals surface area contributed by atoms with E-state index in [1.54, 1.807) is 6.08 Å². The SMILES string of the molecule is CCCCCCCCCCCCCCCCCCCCCCCCCCC/C=C/CC/C=C/C(O)C(COC1OC(CO)C(O)C(O)C1O)NC(=O)CCCCCCCCCCCCCCCC. The van der Waals surface area contributed by atoms with Gasteiger partial charge in [-0.15, -0.1) is 0 Å². The largest absolute Gasteiger partial charge is 0.394 e. The van der Waals surface area contributed by atoms with Crippen molar-refractivity contribution in [2.24, 2.45) is 0 Å². The Hall–Kier alpha value is -1.33. The van der Waals surface area contributed by atoms with E-state index in [1.165, 1.54) is 231 Å². The highest BCUT2D eigenvalue weighted by molar-refractivity contribution is 5.76. The summed E-state index contributed by atoms with van der Waals surface area (Å²) in [5, 5.41) is 54.4. The lowest BCUT2D eigenvalue weighted by molar-refractivity contribution is -0.302. The maximum Gasteiger partial charge on any atom is 0.220 e. The molecule has 1 rings (SSSR count). The van der Waals surface area contributed by atoms with Gasteiger partial charge >= 0.3 is 0 Å². The van der Waals surface area contributed by atoms with Crippen LogP contribution in [-0.2, 0) is 14.3 Å². The molecular formula is C59H113NO8. The second-order valence-electron chi connectivity index (χ2n) is 20.8. The Morgan fingerprint density at radius 3 is 1.24 bits per heavy atom. The van der Waals surface area contributed by atoms with E-state index in [9.17, 15) is 30.3 Å². The maximum atomic E-state index is 13.0. The van der Waals surface area contributed by atoms with E-state index in [0.717, 1.165) is 38.5 Å². The minimum Gasteiger partial charge on any atom is -0.394 e. The normalized spacial score (nSPS) is 19.7. The Kier molecular flexibility index (Phi) is 46.9. The summed E-state index contributed by atoms with van der Waals surface area (Å²) in [6.07, 6.45) is 55.5. The highest BCUT2D eigenvalue weighted by Gasteiger charge is 2.44. The lowest BCUT2D eigenvalue weighted by Gasteiger charge is -2.40. The molecule has 0 spiro atoms. The Morgan fingerprint density at radius 2 is 0.838 bits per heavy atom. The van der Waals surface area contributed by atoms with Crippen LogP contribution in [-0.4, -0.2) is 87.5 Å². The first-order valence-corrected chi connectivity index (χ1v) is 29.6.